The summed E-state index contributed by atoms with van der Waals surface area (Å²) >= 11 is 1.67. The topological polar surface area (TPSA) is 41.5 Å². The molecule has 0 bridgehead atoms. The van der Waals surface area contributed by atoms with Gasteiger partial charge in [-0.3, -0.25) is 9.79 Å². The Labute approximate surface area is 166 Å². The number of aliphatic imine (C=N–C) groups is 1. The van der Waals surface area contributed by atoms with Gasteiger partial charge in [0.2, 0.25) is 0 Å². The highest BCUT2D eigenvalue weighted by molar-refractivity contribution is 8.03. The van der Waals surface area contributed by atoms with Crippen molar-refractivity contribution in [1.29, 1.82) is 0 Å². The van der Waals surface area contributed by atoms with E-state index in [0.717, 1.165) is 33.7 Å². The fraction of sp³-hybridized carbons (Fsp3) is 0.304. The van der Waals surface area contributed by atoms with Crippen LogP contribution in [0.5, 0.6) is 0 Å². The second kappa shape index (κ2) is 10.6. The number of aldehydes is 1. The second-order valence-electron chi connectivity index (χ2n) is 6.40. The van der Waals surface area contributed by atoms with Crippen LogP contribution < -0.4 is 5.32 Å². The van der Waals surface area contributed by atoms with Crippen molar-refractivity contribution >= 4 is 30.0 Å². The molecular weight excluding hydrogens is 352 g/mol. The van der Waals surface area contributed by atoms with E-state index >= 15 is 0 Å². The van der Waals surface area contributed by atoms with E-state index in [1.165, 1.54) is 12.8 Å². The minimum absolute atomic E-state index is 0.518. The van der Waals surface area contributed by atoms with E-state index in [1.54, 1.807) is 23.9 Å². The van der Waals surface area contributed by atoms with Crippen molar-refractivity contribution in [1.82, 2.24) is 5.32 Å². The maximum atomic E-state index is 10.8. The van der Waals surface area contributed by atoms with Gasteiger partial charge in [0.15, 0.2) is 0 Å². The number of nitrogens with zero attached hydrogens (tertiary/aromatic N) is 1. The van der Waals surface area contributed by atoms with Crippen LogP contribution in [0.25, 0.3) is 6.08 Å². The van der Waals surface area contributed by atoms with Crippen LogP contribution in [0.15, 0.2) is 58.0 Å². The molecule has 1 N–H and O–H groups in total. The molecule has 0 saturated heterocycles. The van der Waals surface area contributed by atoms with Crippen LogP contribution in [0.3, 0.4) is 0 Å². The average Bonchev–Trinajstić information content (AvgIpc) is 3.51. The summed E-state index contributed by atoms with van der Waals surface area (Å²) in [6, 6.07) is 7.97. The number of nitrogens with one attached hydrogen (secondary N) is 1. The SMILES string of the molecule is C#CCCN=C(NC1CC1)/C(SC)=C(\C)C(=C)/C=C/c1ccc(C=O)cc1. The summed E-state index contributed by atoms with van der Waals surface area (Å²) in [5.41, 5.74) is 3.72. The van der Waals surface area contributed by atoms with Crippen LogP contribution in [-0.2, 0) is 0 Å². The summed E-state index contributed by atoms with van der Waals surface area (Å²) in [6.07, 6.45) is 15.3. The Hall–Kier alpha value is -2.51. The zero-order valence-electron chi connectivity index (χ0n) is 16.0. The van der Waals surface area contributed by atoms with E-state index in [9.17, 15) is 4.79 Å². The predicted octanol–water partition coefficient (Wildman–Crippen LogP) is 4.88. The van der Waals surface area contributed by atoms with E-state index in [-0.39, 0.29) is 0 Å². The van der Waals surface area contributed by atoms with Crippen molar-refractivity contribution in [2.24, 2.45) is 4.99 Å². The van der Waals surface area contributed by atoms with Gasteiger partial charge in [-0.2, -0.15) is 0 Å². The first-order valence-corrected chi connectivity index (χ1v) is 10.2. The quantitative estimate of drug-likeness (QED) is 0.166. The third-order valence-corrected chi connectivity index (χ3v) is 5.14. The summed E-state index contributed by atoms with van der Waals surface area (Å²) in [7, 11) is 0. The lowest BCUT2D eigenvalue weighted by Gasteiger charge is -2.15. The molecule has 0 amide bonds. The monoisotopic (exact) mass is 378 g/mol. The standard InChI is InChI=1S/C23H26N2OS/c1-5-6-15-24-23(25-21-13-14-21)22(27-4)18(3)17(2)7-8-19-9-11-20(16-26)12-10-19/h1,7-12,16,21H,2,6,13-15H2,3-4H3,(H,24,25)/b8-7+,22-18-. The van der Waals surface area contributed by atoms with Gasteiger partial charge in [0.1, 0.15) is 12.1 Å². The number of benzene rings is 1. The highest BCUT2D eigenvalue weighted by atomic mass is 32.2. The maximum absolute atomic E-state index is 10.8. The molecule has 27 heavy (non-hydrogen) atoms. The number of allylic oxidation sites excluding steroid dienone is 3. The number of hydrogen-bond acceptors (Lipinski definition) is 3. The van der Waals surface area contributed by atoms with Crippen molar-refractivity contribution in [3.63, 3.8) is 0 Å². The summed E-state index contributed by atoms with van der Waals surface area (Å²) in [5.74, 6) is 3.56. The van der Waals surface area contributed by atoms with Crippen molar-refractivity contribution in [2.75, 3.05) is 12.8 Å². The Balaban J connectivity index is 2.19. The van der Waals surface area contributed by atoms with Gasteiger partial charge in [0, 0.05) is 18.0 Å². The molecule has 0 unspecified atom stereocenters. The second-order valence-corrected chi connectivity index (χ2v) is 7.22. The fourth-order valence-electron chi connectivity index (χ4n) is 2.42. The molecule has 0 spiro atoms. The smallest absolute Gasteiger partial charge is 0.150 e. The van der Waals surface area contributed by atoms with Crippen LogP contribution >= 0.6 is 11.8 Å². The molecule has 1 aliphatic rings. The number of hydrogen-bond donors (Lipinski definition) is 1. The molecule has 0 aliphatic heterocycles. The number of terminal acetylenes is 1. The summed E-state index contributed by atoms with van der Waals surface area (Å²) in [6.45, 7) is 6.90. The van der Waals surface area contributed by atoms with Gasteiger partial charge in [0.05, 0.1) is 11.4 Å². The lowest BCUT2D eigenvalue weighted by Crippen LogP contribution is -2.27. The molecule has 140 valence electrons. The number of carbonyl (C=O) groups is 1. The Morgan fingerprint density at radius 3 is 2.59 bits per heavy atom. The molecule has 1 saturated carbocycles. The first kappa shape index (κ1) is 20.8. The van der Waals surface area contributed by atoms with Crippen molar-refractivity contribution in [3.8, 4) is 12.3 Å². The first-order valence-electron chi connectivity index (χ1n) is 9.01. The average molecular weight is 379 g/mol. The van der Waals surface area contributed by atoms with E-state index < -0.39 is 0 Å². The predicted molar refractivity (Wildman–Crippen MR) is 118 cm³/mol. The maximum Gasteiger partial charge on any atom is 0.150 e. The third kappa shape index (κ3) is 6.62. The van der Waals surface area contributed by atoms with Crippen molar-refractivity contribution < 1.29 is 4.79 Å². The highest BCUT2D eigenvalue weighted by Crippen LogP contribution is 2.27. The van der Waals surface area contributed by atoms with Gasteiger partial charge in [0.25, 0.3) is 0 Å². The lowest BCUT2D eigenvalue weighted by molar-refractivity contribution is 0.112. The number of thioether (sulfide) groups is 1. The van der Waals surface area contributed by atoms with Crippen LogP contribution in [0.1, 0.15) is 42.1 Å². The molecule has 0 radical (unpaired) electrons. The number of amidine groups is 1. The Morgan fingerprint density at radius 2 is 2.04 bits per heavy atom. The molecule has 0 heterocycles. The minimum atomic E-state index is 0.518. The Bertz CT molecular complexity index is 806. The zero-order valence-corrected chi connectivity index (χ0v) is 16.8. The molecule has 1 aromatic rings. The minimum Gasteiger partial charge on any atom is -0.367 e. The van der Waals surface area contributed by atoms with Crippen LogP contribution in [0.4, 0.5) is 0 Å². The van der Waals surface area contributed by atoms with Gasteiger partial charge in [-0.05, 0) is 42.7 Å². The molecule has 2 rings (SSSR count). The zero-order chi connectivity index (χ0) is 19.6. The van der Waals surface area contributed by atoms with Crippen LogP contribution in [0.2, 0.25) is 0 Å². The van der Waals surface area contributed by atoms with E-state index in [1.807, 2.05) is 24.3 Å². The van der Waals surface area contributed by atoms with Gasteiger partial charge in [-0.15, -0.1) is 24.1 Å². The lowest BCUT2D eigenvalue weighted by atomic mass is 10.1. The van der Waals surface area contributed by atoms with Crippen molar-refractivity contribution in [2.45, 2.75) is 32.2 Å². The van der Waals surface area contributed by atoms with E-state index in [0.29, 0.717) is 24.6 Å². The summed E-state index contributed by atoms with van der Waals surface area (Å²) in [5, 5.41) is 3.53. The molecule has 3 nitrogen and oxygen atoms in total. The van der Waals surface area contributed by atoms with Crippen LogP contribution in [0, 0.1) is 12.3 Å². The Morgan fingerprint density at radius 1 is 1.37 bits per heavy atom. The summed E-state index contributed by atoms with van der Waals surface area (Å²) in [4.78, 5) is 16.5. The molecule has 1 fully saturated rings. The van der Waals surface area contributed by atoms with E-state index in [4.69, 9.17) is 11.4 Å². The molecule has 0 aromatic heterocycles. The number of rotatable bonds is 9. The third-order valence-electron chi connectivity index (χ3n) is 4.24. The summed E-state index contributed by atoms with van der Waals surface area (Å²) < 4.78 is 0. The Kier molecular flexibility index (Phi) is 8.16. The first-order chi connectivity index (χ1) is 13.1. The van der Waals surface area contributed by atoms with Crippen LogP contribution in [-0.4, -0.2) is 31.0 Å². The van der Waals surface area contributed by atoms with Gasteiger partial charge in [-0.1, -0.05) is 43.0 Å². The fourth-order valence-corrected chi connectivity index (χ4v) is 3.17. The molecular formula is C23H26N2OS. The largest absolute Gasteiger partial charge is 0.367 e. The molecule has 0 atom stereocenters. The van der Waals surface area contributed by atoms with Gasteiger partial charge in [-0.25, -0.2) is 0 Å². The molecule has 1 aromatic carbocycles. The van der Waals surface area contributed by atoms with E-state index in [2.05, 4.69) is 31.0 Å². The van der Waals surface area contributed by atoms with Gasteiger partial charge < -0.3 is 5.32 Å². The normalized spacial score (nSPS) is 15.2. The van der Waals surface area contributed by atoms with Crippen molar-refractivity contribution in [3.05, 3.63) is 64.1 Å². The molecule has 4 heteroatoms. The highest BCUT2D eigenvalue weighted by Gasteiger charge is 2.24. The van der Waals surface area contributed by atoms with Gasteiger partial charge >= 0.3 is 0 Å². The molecule has 1 aliphatic carbocycles. The number of carbonyl (C=O) groups excluding carboxylic acids is 1.